The lowest BCUT2D eigenvalue weighted by molar-refractivity contribution is -0.114. The topological polar surface area (TPSA) is 44.8 Å². The van der Waals surface area contributed by atoms with E-state index in [2.05, 4.69) is 0 Å². The van der Waals surface area contributed by atoms with Crippen LogP contribution in [0.5, 0.6) is 0 Å². The van der Waals surface area contributed by atoms with Crippen molar-refractivity contribution in [2.45, 2.75) is 25.8 Å². The van der Waals surface area contributed by atoms with E-state index in [1.54, 1.807) is 33.5 Å². The Morgan fingerprint density at radius 2 is 1.73 bits per heavy atom. The fourth-order valence-electron chi connectivity index (χ4n) is 1.30. The molecule has 0 saturated carbocycles. The molecule has 0 N–H and O–H groups in total. The van der Waals surface area contributed by atoms with Gasteiger partial charge in [0, 0.05) is 33.8 Å². The third-order valence-corrected chi connectivity index (χ3v) is 5.02. The Labute approximate surface area is 92.6 Å². The zero-order valence-corrected chi connectivity index (χ0v) is 10.9. The van der Waals surface area contributed by atoms with Crippen LogP contribution in [0.15, 0.2) is 12.2 Å². The number of rotatable bonds is 8. The maximum Gasteiger partial charge on any atom is 0.500 e. The maximum absolute atomic E-state index is 11.2. The van der Waals surface area contributed by atoms with Crippen molar-refractivity contribution in [3.63, 3.8) is 0 Å². The lowest BCUT2D eigenvalue weighted by atomic mass is 10.2. The van der Waals surface area contributed by atoms with Crippen molar-refractivity contribution in [1.29, 1.82) is 0 Å². The van der Waals surface area contributed by atoms with Crippen LogP contribution in [0.1, 0.15) is 19.8 Å². The van der Waals surface area contributed by atoms with Gasteiger partial charge in [-0.05, 0) is 19.4 Å². The lowest BCUT2D eigenvalue weighted by Crippen LogP contribution is -2.42. The Kier molecular flexibility index (Phi) is 7.50. The first-order chi connectivity index (χ1) is 7.14. The zero-order chi connectivity index (χ0) is 11.7. The summed E-state index contributed by atoms with van der Waals surface area (Å²) in [7, 11) is 2.25. The fraction of sp³-hybridized carbons (Fsp3) is 0.700. The second-order valence-corrected chi connectivity index (χ2v) is 6.21. The van der Waals surface area contributed by atoms with Crippen LogP contribution in [0.4, 0.5) is 0 Å². The number of hydrogen-bond acceptors (Lipinski definition) is 4. The molecule has 4 nitrogen and oxygen atoms in total. The number of ketones is 1. The highest BCUT2D eigenvalue weighted by molar-refractivity contribution is 6.60. The third kappa shape index (κ3) is 5.22. The van der Waals surface area contributed by atoms with Gasteiger partial charge in [-0.3, -0.25) is 4.79 Å². The molecule has 88 valence electrons. The molecule has 0 saturated heterocycles. The predicted octanol–water partition coefficient (Wildman–Crippen LogP) is 1.79. The third-order valence-electron chi connectivity index (χ3n) is 2.19. The summed E-state index contributed by atoms with van der Waals surface area (Å²) in [6, 6.07) is 0.666. The Balaban J connectivity index is 3.96. The zero-order valence-electron chi connectivity index (χ0n) is 9.91. The van der Waals surface area contributed by atoms with Crippen LogP contribution in [0.2, 0.25) is 6.04 Å². The monoisotopic (exact) mass is 232 g/mol. The van der Waals surface area contributed by atoms with E-state index in [-0.39, 0.29) is 5.78 Å². The van der Waals surface area contributed by atoms with Gasteiger partial charge in [0.25, 0.3) is 0 Å². The van der Waals surface area contributed by atoms with Gasteiger partial charge in [0.2, 0.25) is 0 Å². The molecule has 0 aromatic carbocycles. The van der Waals surface area contributed by atoms with E-state index in [1.807, 2.05) is 6.92 Å². The largest absolute Gasteiger partial charge is 0.500 e. The van der Waals surface area contributed by atoms with Crippen LogP contribution in [0.25, 0.3) is 0 Å². The summed E-state index contributed by atoms with van der Waals surface area (Å²) in [6.07, 6.45) is 4.56. The molecule has 0 aromatic heterocycles. The molecule has 0 unspecified atom stereocenters. The molecule has 0 bridgehead atoms. The van der Waals surface area contributed by atoms with Crippen molar-refractivity contribution in [2.24, 2.45) is 0 Å². The van der Waals surface area contributed by atoms with Crippen molar-refractivity contribution in [3.8, 4) is 0 Å². The number of carbonyl (C=O) groups excluding carboxylic acids is 1. The summed E-state index contributed by atoms with van der Waals surface area (Å²) in [6.45, 7) is 1.83. The van der Waals surface area contributed by atoms with Gasteiger partial charge in [-0.2, -0.15) is 0 Å². The first kappa shape index (κ1) is 14.5. The van der Waals surface area contributed by atoms with E-state index in [1.165, 1.54) is 0 Å². The first-order valence-corrected chi connectivity index (χ1v) is 6.88. The van der Waals surface area contributed by atoms with Gasteiger partial charge in [0.05, 0.1) is 0 Å². The Bertz CT molecular complexity index is 203. The van der Waals surface area contributed by atoms with Crippen LogP contribution in [-0.4, -0.2) is 35.9 Å². The smallest absolute Gasteiger partial charge is 0.377 e. The maximum atomic E-state index is 11.2. The molecule has 15 heavy (non-hydrogen) atoms. The van der Waals surface area contributed by atoms with Crippen LogP contribution in [0, 0.1) is 0 Å². The summed E-state index contributed by atoms with van der Waals surface area (Å²) < 4.78 is 15.7. The van der Waals surface area contributed by atoms with Crippen LogP contribution < -0.4 is 0 Å². The summed E-state index contributed by atoms with van der Waals surface area (Å²) in [5.41, 5.74) is 0. The summed E-state index contributed by atoms with van der Waals surface area (Å²) in [5.74, 6) is 0.128. The second-order valence-electron chi connectivity index (χ2n) is 3.12. The SMILES string of the molecule is CC=CC(=O)CCC[Si](OC)(OC)OC. The minimum atomic E-state index is -2.48. The molecule has 0 amide bonds. The quantitative estimate of drug-likeness (QED) is 0.473. The lowest BCUT2D eigenvalue weighted by Gasteiger charge is -2.23. The van der Waals surface area contributed by atoms with Crippen molar-refractivity contribution >= 4 is 14.6 Å². The number of carbonyl (C=O) groups is 1. The van der Waals surface area contributed by atoms with E-state index in [9.17, 15) is 4.79 Å². The molecular weight excluding hydrogens is 212 g/mol. The molecule has 0 rings (SSSR count). The van der Waals surface area contributed by atoms with Gasteiger partial charge in [-0.25, -0.2) is 0 Å². The van der Waals surface area contributed by atoms with Gasteiger partial charge in [0.1, 0.15) is 0 Å². The molecule has 0 fully saturated rings. The molecular formula is C10H20O4Si. The first-order valence-electron chi connectivity index (χ1n) is 4.95. The summed E-state index contributed by atoms with van der Waals surface area (Å²) in [4.78, 5) is 11.2. The Hall–Kier alpha value is -0.493. The van der Waals surface area contributed by atoms with E-state index in [0.29, 0.717) is 12.5 Å². The average Bonchev–Trinajstić information content (AvgIpc) is 2.25. The van der Waals surface area contributed by atoms with Gasteiger partial charge in [-0.1, -0.05) is 6.08 Å². The molecule has 0 aliphatic carbocycles. The molecule has 0 spiro atoms. The molecule has 0 atom stereocenters. The number of allylic oxidation sites excluding steroid dienone is 2. The summed E-state index contributed by atoms with van der Waals surface area (Å²) >= 11 is 0. The van der Waals surface area contributed by atoms with Crippen LogP contribution in [-0.2, 0) is 18.1 Å². The molecule has 0 aliphatic heterocycles. The van der Waals surface area contributed by atoms with Crippen molar-refractivity contribution in [3.05, 3.63) is 12.2 Å². The van der Waals surface area contributed by atoms with Crippen LogP contribution in [0.3, 0.4) is 0 Å². The fourth-order valence-corrected chi connectivity index (χ4v) is 3.03. The van der Waals surface area contributed by atoms with Crippen molar-refractivity contribution < 1.29 is 18.1 Å². The van der Waals surface area contributed by atoms with Gasteiger partial charge >= 0.3 is 8.80 Å². The average molecular weight is 232 g/mol. The highest BCUT2D eigenvalue weighted by atomic mass is 28.4. The molecule has 5 heteroatoms. The minimum absolute atomic E-state index is 0.128. The standard InChI is InChI=1S/C10H20O4Si/c1-5-7-10(11)8-6-9-15(12-2,13-3)14-4/h5,7H,6,8-9H2,1-4H3. The van der Waals surface area contributed by atoms with Crippen molar-refractivity contribution in [2.75, 3.05) is 21.3 Å². The van der Waals surface area contributed by atoms with E-state index >= 15 is 0 Å². The molecule has 0 heterocycles. The van der Waals surface area contributed by atoms with Gasteiger partial charge < -0.3 is 13.3 Å². The minimum Gasteiger partial charge on any atom is -0.377 e. The predicted molar refractivity (Wildman–Crippen MR) is 60.6 cm³/mol. The molecule has 0 aliphatic rings. The highest BCUT2D eigenvalue weighted by Crippen LogP contribution is 2.16. The Morgan fingerprint density at radius 3 is 2.13 bits per heavy atom. The van der Waals surface area contributed by atoms with E-state index in [0.717, 1.165) is 6.42 Å². The normalized spacial score (nSPS) is 12.3. The van der Waals surface area contributed by atoms with E-state index in [4.69, 9.17) is 13.3 Å². The number of hydrogen-bond donors (Lipinski definition) is 0. The van der Waals surface area contributed by atoms with E-state index < -0.39 is 8.80 Å². The van der Waals surface area contributed by atoms with Gasteiger partial charge in [-0.15, -0.1) is 0 Å². The highest BCUT2D eigenvalue weighted by Gasteiger charge is 2.36. The Morgan fingerprint density at radius 1 is 1.20 bits per heavy atom. The molecule has 0 aromatic rings. The summed E-state index contributed by atoms with van der Waals surface area (Å²) in [5, 5.41) is 0. The second kappa shape index (κ2) is 7.75. The van der Waals surface area contributed by atoms with Gasteiger partial charge in [0.15, 0.2) is 5.78 Å². The van der Waals surface area contributed by atoms with Crippen LogP contribution >= 0.6 is 0 Å². The molecule has 0 radical (unpaired) electrons. The van der Waals surface area contributed by atoms with Crippen molar-refractivity contribution in [1.82, 2.24) is 0 Å².